The molecular weight excluding hydrogens is 358 g/mol. The highest BCUT2D eigenvalue weighted by Crippen LogP contribution is 2.32. The molecule has 0 radical (unpaired) electrons. The van der Waals surface area contributed by atoms with Gasteiger partial charge in [-0.05, 0) is 43.5 Å². The predicted molar refractivity (Wildman–Crippen MR) is 112 cm³/mol. The van der Waals surface area contributed by atoms with Gasteiger partial charge in [-0.1, -0.05) is 48.2 Å². The first-order chi connectivity index (χ1) is 12.9. The predicted octanol–water partition coefficient (Wildman–Crippen LogP) is 4.20. The molecular formula is C21H23N3O2S. The van der Waals surface area contributed by atoms with Gasteiger partial charge < -0.3 is 5.32 Å². The Balaban J connectivity index is 1.72. The maximum atomic E-state index is 12.6. The lowest BCUT2D eigenvalue weighted by Crippen LogP contribution is -2.30. The fraction of sp³-hybridized carbons (Fsp3) is 0.286. The number of hydrogen-bond acceptors (Lipinski definition) is 4. The molecule has 0 saturated carbocycles. The molecule has 0 spiro atoms. The van der Waals surface area contributed by atoms with Gasteiger partial charge >= 0.3 is 0 Å². The molecule has 0 aliphatic carbocycles. The Kier molecular flexibility index (Phi) is 5.65. The molecule has 140 valence electrons. The van der Waals surface area contributed by atoms with Crippen LogP contribution in [0.25, 0.3) is 0 Å². The van der Waals surface area contributed by atoms with Crippen LogP contribution >= 0.6 is 11.8 Å². The van der Waals surface area contributed by atoms with Crippen LogP contribution in [-0.2, 0) is 9.59 Å². The molecule has 5 nitrogen and oxygen atoms in total. The number of nitrogens with one attached hydrogen (secondary N) is 1. The van der Waals surface area contributed by atoms with E-state index < -0.39 is 5.25 Å². The lowest BCUT2D eigenvalue weighted by Gasteiger charge is -2.12. The zero-order valence-corrected chi connectivity index (χ0v) is 16.8. The largest absolute Gasteiger partial charge is 0.326 e. The number of thioether (sulfide) groups is 1. The number of rotatable bonds is 4. The van der Waals surface area contributed by atoms with E-state index in [1.807, 2.05) is 63.2 Å². The van der Waals surface area contributed by atoms with Crippen molar-refractivity contribution < 1.29 is 9.59 Å². The third-order valence-electron chi connectivity index (χ3n) is 4.59. The van der Waals surface area contributed by atoms with Crippen LogP contribution in [0, 0.1) is 20.8 Å². The van der Waals surface area contributed by atoms with Crippen LogP contribution in [0.2, 0.25) is 0 Å². The second kappa shape index (κ2) is 7.96. The highest BCUT2D eigenvalue weighted by atomic mass is 32.2. The number of anilines is 1. The Morgan fingerprint density at radius 3 is 2.37 bits per heavy atom. The van der Waals surface area contributed by atoms with Crippen molar-refractivity contribution in [3.63, 3.8) is 0 Å². The first kappa shape index (κ1) is 19.2. The summed E-state index contributed by atoms with van der Waals surface area (Å²) in [6.45, 7) is 5.90. The summed E-state index contributed by atoms with van der Waals surface area (Å²) >= 11 is 1.34. The monoisotopic (exact) mass is 381 g/mol. The van der Waals surface area contributed by atoms with Crippen LogP contribution in [0.1, 0.15) is 23.1 Å². The summed E-state index contributed by atoms with van der Waals surface area (Å²) in [6, 6.07) is 13.6. The summed E-state index contributed by atoms with van der Waals surface area (Å²) in [5.74, 6) is -0.257. The fourth-order valence-electron chi connectivity index (χ4n) is 2.96. The van der Waals surface area contributed by atoms with Crippen LogP contribution in [-0.4, -0.2) is 34.2 Å². The summed E-state index contributed by atoms with van der Waals surface area (Å²) < 4.78 is 0. The van der Waals surface area contributed by atoms with Gasteiger partial charge in [0.25, 0.3) is 0 Å². The standard InChI is InChI=1S/C21H23N3O2S/c1-13-8-5-6-11-16(13)22-21-24(4)20(26)17(27-21)12-18(25)23-19-14(2)9-7-10-15(19)3/h5-11,17H,12H2,1-4H3,(H,23,25)/t17-/m0/s1. The molecule has 0 unspecified atom stereocenters. The molecule has 0 bridgehead atoms. The molecule has 1 fully saturated rings. The molecule has 6 heteroatoms. The number of hydrogen-bond donors (Lipinski definition) is 1. The molecule has 2 aromatic carbocycles. The summed E-state index contributed by atoms with van der Waals surface area (Å²) in [7, 11) is 1.70. The van der Waals surface area contributed by atoms with E-state index in [0.717, 1.165) is 28.1 Å². The van der Waals surface area contributed by atoms with Gasteiger partial charge in [0.15, 0.2) is 5.17 Å². The van der Waals surface area contributed by atoms with Gasteiger partial charge in [0.1, 0.15) is 5.25 Å². The van der Waals surface area contributed by atoms with Crippen molar-refractivity contribution in [2.45, 2.75) is 32.4 Å². The minimum absolute atomic E-state index is 0.0935. The average molecular weight is 382 g/mol. The van der Waals surface area contributed by atoms with E-state index >= 15 is 0 Å². The van der Waals surface area contributed by atoms with Gasteiger partial charge in [0, 0.05) is 19.2 Å². The second-order valence-corrected chi connectivity index (χ2v) is 7.87. The number of aliphatic imine (C=N–C) groups is 1. The molecule has 2 aromatic rings. The van der Waals surface area contributed by atoms with Gasteiger partial charge in [0.05, 0.1) is 5.69 Å². The van der Waals surface area contributed by atoms with Crippen molar-refractivity contribution in [2.75, 3.05) is 12.4 Å². The van der Waals surface area contributed by atoms with Gasteiger partial charge in [-0.3, -0.25) is 14.5 Å². The third-order valence-corrected chi connectivity index (χ3v) is 5.82. The molecule has 0 aromatic heterocycles. The van der Waals surface area contributed by atoms with E-state index in [0.29, 0.717) is 5.17 Å². The number of para-hydroxylation sites is 2. The third kappa shape index (κ3) is 4.22. The van der Waals surface area contributed by atoms with E-state index in [4.69, 9.17) is 0 Å². The molecule has 2 amide bonds. The molecule has 27 heavy (non-hydrogen) atoms. The molecule has 1 aliphatic heterocycles. The Bertz CT molecular complexity index is 903. The fourth-order valence-corrected chi connectivity index (χ4v) is 4.11. The SMILES string of the molecule is Cc1ccccc1N=C1S[C@@H](CC(=O)Nc2c(C)cccc2C)C(=O)N1C. The van der Waals surface area contributed by atoms with E-state index in [-0.39, 0.29) is 18.2 Å². The maximum absolute atomic E-state index is 12.6. The highest BCUT2D eigenvalue weighted by molar-refractivity contribution is 8.15. The number of carbonyl (C=O) groups is 2. The van der Waals surface area contributed by atoms with Crippen LogP contribution < -0.4 is 5.32 Å². The van der Waals surface area contributed by atoms with Crippen LogP contribution in [0.3, 0.4) is 0 Å². The Morgan fingerprint density at radius 2 is 1.70 bits per heavy atom. The van der Waals surface area contributed by atoms with Crippen molar-refractivity contribution >= 4 is 40.1 Å². The summed E-state index contributed by atoms with van der Waals surface area (Å²) in [5.41, 5.74) is 4.71. The average Bonchev–Trinajstić information content (AvgIpc) is 2.88. The van der Waals surface area contributed by atoms with Gasteiger partial charge in [-0.25, -0.2) is 4.99 Å². The second-order valence-electron chi connectivity index (χ2n) is 6.70. The minimum atomic E-state index is -0.456. The Labute approximate surface area is 163 Å². The summed E-state index contributed by atoms with van der Waals surface area (Å²) in [5, 5.41) is 3.12. The van der Waals surface area contributed by atoms with E-state index in [1.54, 1.807) is 7.05 Å². The zero-order chi connectivity index (χ0) is 19.6. The van der Waals surface area contributed by atoms with Crippen molar-refractivity contribution in [1.82, 2.24) is 4.90 Å². The lowest BCUT2D eigenvalue weighted by molar-refractivity contribution is -0.127. The van der Waals surface area contributed by atoms with Gasteiger partial charge in [-0.15, -0.1) is 0 Å². The quantitative estimate of drug-likeness (QED) is 0.863. The van der Waals surface area contributed by atoms with Crippen LogP contribution in [0.5, 0.6) is 0 Å². The summed E-state index contributed by atoms with van der Waals surface area (Å²) in [4.78, 5) is 31.2. The molecule has 3 rings (SSSR count). The van der Waals surface area contributed by atoms with E-state index in [2.05, 4.69) is 10.3 Å². The maximum Gasteiger partial charge on any atom is 0.242 e. The number of nitrogens with zero attached hydrogens (tertiary/aromatic N) is 2. The van der Waals surface area contributed by atoms with Crippen molar-refractivity contribution in [3.8, 4) is 0 Å². The minimum Gasteiger partial charge on any atom is -0.326 e. The molecule has 1 saturated heterocycles. The number of carbonyl (C=O) groups excluding carboxylic acids is 2. The number of aryl methyl sites for hydroxylation is 3. The van der Waals surface area contributed by atoms with E-state index in [9.17, 15) is 9.59 Å². The van der Waals surface area contributed by atoms with Crippen LogP contribution in [0.4, 0.5) is 11.4 Å². The highest BCUT2D eigenvalue weighted by Gasteiger charge is 2.37. The van der Waals surface area contributed by atoms with Crippen LogP contribution in [0.15, 0.2) is 47.5 Å². The molecule has 1 aliphatic rings. The Morgan fingerprint density at radius 1 is 1.07 bits per heavy atom. The van der Waals surface area contributed by atoms with E-state index in [1.165, 1.54) is 16.7 Å². The van der Waals surface area contributed by atoms with Crippen molar-refractivity contribution in [1.29, 1.82) is 0 Å². The first-order valence-electron chi connectivity index (χ1n) is 8.81. The lowest BCUT2D eigenvalue weighted by atomic mass is 10.1. The van der Waals surface area contributed by atoms with Gasteiger partial charge in [0.2, 0.25) is 11.8 Å². The molecule has 1 heterocycles. The smallest absolute Gasteiger partial charge is 0.242 e. The summed E-state index contributed by atoms with van der Waals surface area (Å²) in [6.07, 6.45) is 0.119. The van der Waals surface area contributed by atoms with Gasteiger partial charge in [-0.2, -0.15) is 0 Å². The topological polar surface area (TPSA) is 61.8 Å². The molecule has 1 N–H and O–H groups in total. The number of amides is 2. The molecule has 1 atom stereocenters. The first-order valence-corrected chi connectivity index (χ1v) is 9.69. The number of benzene rings is 2. The van der Waals surface area contributed by atoms with Crippen molar-refractivity contribution in [2.24, 2.45) is 4.99 Å². The number of amidine groups is 1. The van der Waals surface area contributed by atoms with Crippen molar-refractivity contribution in [3.05, 3.63) is 59.2 Å². The normalized spacial score (nSPS) is 18.2. The Hall–Kier alpha value is -2.60. The zero-order valence-electron chi connectivity index (χ0n) is 15.9.